The smallest absolute Gasteiger partial charge is 0.255 e. The van der Waals surface area contributed by atoms with Crippen LogP contribution in [0.3, 0.4) is 0 Å². The van der Waals surface area contributed by atoms with E-state index in [0.29, 0.717) is 12.2 Å². The number of carbonyl (C=O) groups excluding carboxylic acids is 1. The largest absolute Gasteiger partial charge is 0.388 e. The molecule has 2 rings (SSSR count). The Morgan fingerprint density at radius 2 is 2.00 bits per heavy atom. The van der Waals surface area contributed by atoms with Gasteiger partial charge in [0.05, 0.1) is 6.61 Å². The second kappa shape index (κ2) is 6.90. The average Bonchev–Trinajstić information content (AvgIpc) is 2.48. The fourth-order valence-corrected chi connectivity index (χ4v) is 2.19. The first kappa shape index (κ1) is 15.1. The van der Waals surface area contributed by atoms with Gasteiger partial charge in [-0.25, -0.2) is 0 Å². The molecule has 0 fully saturated rings. The highest BCUT2D eigenvalue weighted by atomic mass is 16.5. The SMILES string of the molecule is CNc1ccc(C(=O)Nc2cccc(COC)c2)cc1C. The summed E-state index contributed by atoms with van der Waals surface area (Å²) in [5, 5.41) is 5.99. The minimum Gasteiger partial charge on any atom is -0.388 e. The highest BCUT2D eigenvalue weighted by Gasteiger charge is 2.08. The Morgan fingerprint density at radius 1 is 1.19 bits per heavy atom. The molecule has 0 aliphatic carbocycles. The van der Waals surface area contributed by atoms with Crippen LogP contribution >= 0.6 is 0 Å². The fourth-order valence-electron chi connectivity index (χ4n) is 2.19. The van der Waals surface area contributed by atoms with Gasteiger partial charge in [-0.05, 0) is 48.4 Å². The Bertz CT molecular complexity index is 638. The third-order valence-corrected chi connectivity index (χ3v) is 3.25. The molecule has 0 heterocycles. The maximum Gasteiger partial charge on any atom is 0.255 e. The molecule has 0 radical (unpaired) electrons. The minimum atomic E-state index is -0.115. The summed E-state index contributed by atoms with van der Waals surface area (Å²) < 4.78 is 5.09. The third kappa shape index (κ3) is 3.83. The van der Waals surface area contributed by atoms with Gasteiger partial charge in [0.1, 0.15) is 0 Å². The van der Waals surface area contributed by atoms with E-state index in [1.165, 1.54) is 0 Å². The summed E-state index contributed by atoms with van der Waals surface area (Å²) in [6, 6.07) is 13.2. The lowest BCUT2D eigenvalue weighted by molar-refractivity contribution is 0.102. The van der Waals surface area contributed by atoms with Crippen molar-refractivity contribution in [3.05, 3.63) is 59.2 Å². The Labute approximate surface area is 125 Å². The van der Waals surface area contributed by atoms with Crippen LogP contribution < -0.4 is 10.6 Å². The maximum atomic E-state index is 12.3. The molecule has 0 saturated carbocycles. The van der Waals surface area contributed by atoms with Gasteiger partial charge in [-0.2, -0.15) is 0 Å². The molecule has 4 nitrogen and oxygen atoms in total. The highest BCUT2D eigenvalue weighted by Crippen LogP contribution is 2.18. The molecule has 0 spiro atoms. The van der Waals surface area contributed by atoms with E-state index in [0.717, 1.165) is 22.5 Å². The number of carbonyl (C=O) groups is 1. The molecule has 2 aromatic carbocycles. The summed E-state index contributed by atoms with van der Waals surface area (Å²) in [6.07, 6.45) is 0. The number of benzene rings is 2. The first-order valence-corrected chi connectivity index (χ1v) is 6.81. The molecule has 110 valence electrons. The van der Waals surface area contributed by atoms with E-state index in [2.05, 4.69) is 10.6 Å². The van der Waals surface area contributed by atoms with Crippen LogP contribution in [0, 0.1) is 6.92 Å². The summed E-state index contributed by atoms with van der Waals surface area (Å²) in [5.41, 5.74) is 4.50. The zero-order chi connectivity index (χ0) is 15.2. The van der Waals surface area contributed by atoms with Crippen LogP contribution in [0.5, 0.6) is 0 Å². The van der Waals surface area contributed by atoms with Crippen LogP contribution in [0.2, 0.25) is 0 Å². The van der Waals surface area contributed by atoms with E-state index >= 15 is 0 Å². The first-order valence-electron chi connectivity index (χ1n) is 6.81. The molecule has 0 aromatic heterocycles. The number of methoxy groups -OCH3 is 1. The van der Waals surface area contributed by atoms with E-state index in [-0.39, 0.29) is 5.91 Å². The molecule has 0 bridgehead atoms. The molecular weight excluding hydrogens is 264 g/mol. The highest BCUT2D eigenvalue weighted by molar-refractivity contribution is 6.04. The van der Waals surface area contributed by atoms with Gasteiger partial charge in [0.15, 0.2) is 0 Å². The van der Waals surface area contributed by atoms with E-state index in [1.807, 2.05) is 56.4 Å². The van der Waals surface area contributed by atoms with Crippen molar-refractivity contribution in [3.63, 3.8) is 0 Å². The van der Waals surface area contributed by atoms with Crippen molar-refractivity contribution in [3.8, 4) is 0 Å². The number of anilines is 2. The van der Waals surface area contributed by atoms with Crippen molar-refractivity contribution in [1.82, 2.24) is 0 Å². The summed E-state index contributed by atoms with van der Waals surface area (Å²) in [7, 11) is 3.51. The zero-order valence-corrected chi connectivity index (χ0v) is 12.6. The van der Waals surface area contributed by atoms with Gasteiger partial charge in [-0.15, -0.1) is 0 Å². The van der Waals surface area contributed by atoms with Crippen LogP contribution in [0.4, 0.5) is 11.4 Å². The molecule has 0 aliphatic heterocycles. The molecule has 0 saturated heterocycles. The standard InChI is InChI=1S/C17H20N2O2/c1-12-9-14(7-8-16(12)18-2)17(20)19-15-6-4-5-13(10-15)11-21-3/h4-10,18H,11H2,1-3H3,(H,19,20). The molecule has 0 unspecified atom stereocenters. The Kier molecular flexibility index (Phi) is 4.95. The van der Waals surface area contributed by atoms with Crippen LogP contribution in [-0.4, -0.2) is 20.1 Å². The van der Waals surface area contributed by atoms with Gasteiger partial charge in [-0.1, -0.05) is 12.1 Å². The monoisotopic (exact) mass is 284 g/mol. The molecule has 2 N–H and O–H groups in total. The number of ether oxygens (including phenoxy) is 1. The fraction of sp³-hybridized carbons (Fsp3) is 0.235. The van der Waals surface area contributed by atoms with Crippen molar-refractivity contribution in [2.45, 2.75) is 13.5 Å². The number of hydrogen-bond acceptors (Lipinski definition) is 3. The van der Waals surface area contributed by atoms with Gasteiger partial charge in [0.2, 0.25) is 0 Å². The van der Waals surface area contributed by atoms with Gasteiger partial charge in [0.25, 0.3) is 5.91 Å². The molecule has 2 aromatic rings. The molecule has 4 heteroatoms. The van der Waals surface area contributed by atoms with Gasteiger partial charge < -0.3 is 15.4 Å². The number of nitrogens with one attached hydrogen (secondary N) is 2. The number of rotatable bonds is 5. The van der Waals surface area contributed by atoms with Gasteiger partial charge >= 0.3 is 0 Å². The van der Waals surface area contributed by atoms with Crippen molar-refractivity contribution in [2.75, 3.05) is 24.8 Å². The zero-order valence-electron chi connectivity index (χ0n) is 12.6. The molecular formula is C17H20N2O2. The summed E-state index contributed by atoms with van der Waals surface area (Å²) in [5.74, 6) is -0.115. The summed E-state index contributed by atoms with van der Waals surface area (Å²) in [6.45, 7) is 2.50. The normalized spacial score (nSPS) is 10.2. The average molecular weight is 284 g/mol. The van der Waals surface area contributed by atoms with Crippen molar-refractivity contribution < 1.29 is 9.53 Å². The van der Waals surface area contributed by atoms with Crippen LogP contribution in [0.1, 0.15) is 21.5 Å². The topological polar surface area (TPSA) is 50.4 Å². The molecule has 1 amide bonds. The van der Waals surface area contributed by atoms with Gasteiger partial charge in [-0.3, -0.25) is 4.79 Å². The Hall–Kier alpha value is -2.33. The van der Waals surface area contributed by atoms with Crippen LogP contribution in [0.25, 0.3) is 0 Å². The third-order valence-electron chi connectivity index (χ3n) is 3.25. The molecule has 21 heavy (non-hydrogen) atoms. The molecule has 0 aliphatic rings. The number of aryl methyl sites for hydroxylation is 1. The Morgan fingerprint density at radius 3 is 2.67 bits per heavy atom. The van der Waals surface area contributed by atoms with Crippen molar-refractivity contribution >= 4 is 17.3 Å². The summed E-state index contributed by atoms with van der Waals surface area (Å²) >= 11 is 0. The number of hydrogen-bond donors (Lipinski definition) is 2. The maximum absolute atomic E-state index is 12.3. The second-order valence-electron chi connectivity index (χ2n) is 4.87. The predicted octanol–water partition coefficient (Wildman–Crippen LogP) is 3.44. The molecule has 0 atom stereocenters. The first-order chi connectivity index (χ1) is 10.1. The quantitative estimate of drug-likeness (QED) is 0.884. The lowest BCUT2D eigenvalue weighted by Gasteiger charge is -2.10. The predicted molar refractivity (Wildman–Crippen MR) is 85.8 cm³/mol. The van der Waals surface area contributed by atoms with Crippen LogP contribution in [0.15, 0.2) is 42.5 Å². The van der Waals surface area contributed by atoms with E-state index in [1.54, 1.807) is 7.11 Å². The minimum absolute atomic E-state index is 0.115. The van der Waals surface area contributed by atoms with Gasteiger partial charge in [0, 0.05) is 31.1 Å². The number of amides is 1. The van der Waals surface area contributed by atoms with Crippen molar-refractivity contribution in [2.24, 2.45) is 0 Å². The van der Waals surface area contributed by atoms with E-state index < -0.39 is 0 Å². The summed E-state index contributed by atoms with van der Waals surface area (Å²) in [4.78, 5) is 12.3. The lowest BCUT2D eigenvalue weighted by atomic mass is 10.1. The lowest BCUT2D eigenvalue weighted by Crippen LogP contribution is -2.12. The van der Waals surface area contributed by atoms with Crippen LogP contribution in [-0.2, 0) is 11.3 Å². The Balaban J connectivity index is 2.14. The second-order valence-corrected chi connectivity index (χ2v) is 4.87. The van der Waals surface area contributed by atoms with E-state index in [9.17, 15) is 4.79 Å². The van der Waals surface area contributed by atoms with E-state index in [4.69, 9.17) is 4.74 Å². The van der Waals surface area contributed by atoms with Crippen molar-refractivity contribution in [1.29, 1.82) is 0 Å².